The van der Waals surface area contributed by atoms with Crippen LogP contribution in [0.4, 0.5) is 10.7 Å². The molecule has 0 aliphatic heterocycles. The van der Waals surface area contributed by atoms with Gasteiger partial charge in [0.1, 0.15) is 10.8 Å². The standard InChI is InChI=1S/C25H23N3O5S2.ClH/c1-18-6-3-8-22(25(29)28(30)23-9-5-15-34-23)24(18)27(17-19-7-4-14-26-16-19)35(31,32)21-12-10-20(33-2)11-13-21;/h3-16,30H,17H2,1-2H3;1H. The average molecular weight is 546 g/mol. The summed E-state index contributed by atoms with van der Waals surface area (Å²) >= 11 is 1.18. The fraction of sp³-hybridized carbons (Fsp3) is 0.120. The van der Waals surface area contributed by atoms with Gasteiger partial charge < -0.3 is 4.74 Å². The Morgan fingerprint density at radius 1 is 1.06 bits per heavy atom. The molecule has 0 atom stereocenters. The molecule has 2 aromatic heterocycles. The summed E-state index contributed by atoms with van der Waals surface area (Å²) in [6.45, 7) is 1.65. The highest BCUT2D eigenvalue weighted by Crippen LogP contribution is 2.34. The van der Waals surface area contributed by atoms with Crippen LogP contribution in [0.25, 0.3) is 0 Å². The van der Waals surface area contributed by atoms with Crippen molar-refractivity contribution < 1.29 is 23.2 Å². The van der Waals surface area contributed by atoms with E-state index in [-0.39, 0.29) is 35.1 Å². The molecule has 0 saturated carbocycles. The molecule has 0 aliphatic rings. The Morgan fingerprint density at radius 3 is 2.42 bits per heavy atom. The van der Waals surface area contributed by atoms with Crippen LogP contribution in [0, 0.1) is 6.92 Å². The third-order valence-electron chi connectivity index (χ3n) is 5.32. The maximum absolute atomic E-state index is 13.9. The van der Waals surface area contributed by atoms with Gasteiger partial charge >= 0.3 is 0 Å². The van der Waals surface area contributed by atoms with Gasteiger partial charge in [0.25, 0.3) is 15.9 Å². The van der Waals surface area contributed by atoms with Crippen LogP contribution in [0.3, 0.4) is 0 Å². The van der Waals surface area contributed by atoms with Crippen molar-refractivity contribution in [2.75, 3.05) is 16.5 Å². The lowest BCUT2D eigenvalue weighted by Gasteiger charge is -2.28. The van der Waals surface area contributed by atoms with Crippen LogP contribution >= 0.6 is 23.7 Å². The summed E-state index contributed by atoms with van der Waals surface area (Å²) in [6, 6.07) is 17.7. The van der Waals surface area contributed by atoms with Gasteiger partial charge in [-0.2, -0.15) is 5.06 Å². The maximum Gasteiger partial charge on any atom is 0.284 e. The lowest BCUT2D eigenvalue weighted by molar-refractivity contribution is 0.0858. The van der Waals surface area contributed by atoms with Gasteiger partial charge in [0.15, 0.2) is 0 Å². The van der Waals surface area contributed by atoms with Crippen molar-refractivity contribution in [3.05, 3.63) is 101 Å². The van der Waals surface area contributed by atoms with Crippen LogP contribution in [-0.2, 0) is 16.6 Å². The van der Waals surface area contributed by atoms with E-state index in [0.29, 0.717) is 26.9 Å². The molecule has 11 heteroatoms. The Balaban J connectivity index is 0.00000361. The fourth-order valence-electron chi connectivity index (χ4n) is 3.58. The summed E-state index contributed by atoms with van der Waals surface area (Å²) < 4.78 is 34.2. The number of ether oxygens (including phenoxy) is 1. The molecule has 0 unspecified atom stereocenters. The van der Waals surface area contributed by atoms with Crippen molar-refractivity contribution in [3.8, 4) is 5.75 Å². The third kappa shape index (κ3) is 5.52. The zero-order chi connectivity index (χ0) is 25.0. The number of methoxy groups -OCH3 is 1. The number of halogens is 1. The second-order valence-electron chi connectivity index (χ2n) is 7.59. The summed E-state index contributed by atoms with van der Waals surface area (Å²) in [4.78, 5) is 17.5. The number of carbonyl (C=O) groups excluding carboxylic acids is 1. The van der Waals surface area contributed by atoms with Crippen LogP contribution in [0.2, 0.25) is 0 Å². The molecule has 8 nitrogen and oxygen atoms in total. The van der Waals surface area contributed by atoms with E-state index in [1.165, 1.54) is 41.0 Å². The number of aromatic nitrogens is 1. The molecule has 188 valence electrons. The number of rotatable bonds is 8. The van der Waals surface area contributed by atoms with E-state index >= 15 is 0 Å². The van der Waals surface area contributed by atoms with Crippen LogP contribution in [0.15, 0.2) is 89.4 Å². The zero-order valence-electron chi connectivity index (χ0n) is 19.4. The molecule has 2 heterocycles. The van der Waals surface area contributed by atoms with Crippen molar-refractivity contribution in [2.24, 2.45) is 0 Å². The third-order valence-corrected chi connectivity index (χ3v) is 7.92. The first-order valence-corrected chi connectivity index (χ1v) is 12.9. The topological polar surface area (TPSA) is 100 Å². The maximum atomic E-state index is 13.9. The summed E-state index contributed by atoms with van der Waals surface area (Å²) in [7, 11) is -2.64. The van der Waals surface area contributed by atoms with Crippen LogP contribution in [-0.4, -0.2) is 31.6 Å². The van der Waals surface area contributed by atoms with Crippen molar-refractivity contribution in [3.63, 3.8) is 0 Å². The fourth-order valence-corrected chi connectivity index (χ4v) is 5.76. The Hall–Kier alpha value is -3.44. The Bertz CT molecular complexity index is 1410. The first kappa shape index (κ1) is 27.2. The predicted octanol–water partition coefficient (Wildman–Crippen LogP) is 5.31. The smallest absolute Gasteiger partial charge is 0.284 e. The summed E-state index contributed by atoms with van der Waals surface area (Å²) in [5.41, 5.74) is 1.40. The second-order valence-corrected chi connectivity index (χ2v) is 10.4. The SMILES string of the molecule is COc1ccc(S(=O)(=O)N(Cc2cccnc2)c2c(C)cccc2C(=O)N(O)c2cccs2)cc1.Cl. The quantitative estimate of drug-likeness (QED) is 0.238. The predicted molar refractivity (Wildman–Crippen MR) is 142 cm³/mol. The number of para-hydroxylation sites is 1. The number of hydrogen-bond acceptors (Lipinski definition) is 7. The van der Waals surface area contributed by atoms with Gasteiger partial charge in [-0.15, -0.1) is 23.7 Å². The highest BCUT2D eigenvalue weighted by atomic mass is 35.5. The average Bonchev–Trinajstić information content (AvgIpc) is 3.42. The van der Waals surface area contributed by atoms with E-state index in [0.717, 1.165) is 0 Å². The van der Waals surface area contributed by atoms with Gasteiger partial charge in [0.2, 0.25) is 0 Å². The van der Waals surface area contributed by atoms with Crippen molar-refractivity contribution in [2.45, 2.75) is 18.4 Å². The monoisotopic (exact) mass is 545 g/mol. The molecular formula is C25H24ClN3O5S2. The van der Waals surface area contributed by atoms with Gasteiger partial charge in [0, 0.05) is 12.4 Å². The number of amides is 1. The first-order valence-electron chi connectivity index (χ1n) is 10.5. The van der Waals surface area contributed by atoms with Crippen molar-refractivity contribution in [1.29, 1.82) is 0 Å². The van der Waals surface area contributed by atoms with Crippen LogP contribution in [0.1, 0.15) is 21.5 Å². The van der Waals surface area contributed by atoms with E-state index in [2.05, 4.69) is 4.98 Å². The molecule has 0 spiro atoms. The number of benzene rings is 2. The molecule has 0 bridgehead atoms. The number of sulfonamides is 1. The number of hydroxylamine groups is 1. The molecule has 0 radical (unpaired) electrons. The molecule has 0 aliphatic carbocycles. The molecule has 1 amide bonds. The summed E-state index contributed by atoms with van der Waals surface area (Å²) in [5.74, 6) is -0.228. The number of hydrogen-bond donors (Lipinski definition) is 1. The second kappa shape index (κ2) is 11.5. The number of nitrogens with zero attached hydrogens (tertiary/aromatic N) is 3. The van der Waals surface area contributed by atoms with Gasteiger partial charge in [-0.05, 0) is 72.0 Å². The first-order chi connectivity index (χ1) is 16.8. The number of carbonyl (C=O) groups is 1. The Kier molecular flexibility index (Phi) is 8.70. The lowest BCUT2D eigenvalue weighted by atomic mass is 10.1. The molecule has 0 saturated heterocycles. The number of pyridine rings is 1. The molecular weight excluding hydrogens is 522 g/mol. The largest absolute Gasteiger partial charge is 0.497 e. The van der Waals surface area contributed by atoms with Crippen LogP contribution < -0.4 is 14.1 Å². The number of thiophene rings is 1. The van der Waals surface area contributed by atoms with Gasteiger partial charge in [-0.25, -0.2) is 8.42 Å². The van der Waals surface area contributed by atoms with Crippen molar-refractivity contribution in [1.82, 2.24) is 4.98 Å². The van der Waals surface area contributed by atoms with E-state index in [1.54, 1.807) is 73.2 Å². The van der Waals surface area contributed by atoms with Gasteiger partial charge in [0.05, 0.1) is 29.8 Å². The Labute approximate surface area is 219 Å². The normalized spacial score (nSPS) is 10.9. The highest BCUT2D eigenvalue weighted by Gasteiger charge is 2.31. The minimum absolute atomic E-state index is 0. The molecule has 4 rings (SSSR count). The van der Waals surface area contributed by atoms with E-state index < -0.39 is 15.9 Å². The molecule has 0 fully saturated rings. The van der Waals surface area contributed by atoms with E-state index in [9.17, 15) is 18.4 Å². The zero-order valence-corrected chi connectivity index (χ0v) is 21.9. The molecule has 36 heavy (non-hydrogen) atoms. The molecule has 4 aromatic rings. The highest BCUT2D eigenvalue weighted by molar-refractivity contribution is 7.92. The van der Waals surface area contributed by atoms with E-state index in [1.807, 2.05) is 0 Å². The van der Waals surface area contributed by atoms with Crippen molar-refractivity contribution >= 4 is 50.4 Å². The lowest BCUT2D eigenvalue weighted by Crippen LogP contribution is -2.35. The van der Waals surface area contributed by atoms with Gasteiger partial charge in [-0.3, -0.25) is 19.3 Å². The molecule has 2 aromatic carbocycles. The van der Waals surface area contributed by atoms with Crippen LogP contribution in [0.5, 0.6) is 5.75 Å². The number of anilines is 2. The van der Waals surface area contributed by atoms with E-state index in [4.69, 9.17) is 4.74 Å². The minimum Gasteiger partial charge on any atom is -0.497 e. The molecule has 1 N–H and O–H groups in total. The summed E-state index contributed by atoms with van der Waals surface area (Å²) in [6.07, 6.45) is 3.17. The van der Waals surface area contributed by atoms with Gasteiger partial charge in [-0.1, -0.05) is 18.2 Å². The minimum atomic E-state index is -4.14. The Morgan fingerprint density at radius 2 is 1.81 bits per heavy atom. The summed E-state index contributed by atoms with van der Waals surface area (Å²) in [5, 5.41) is 13.2. The number of aryl methyl sites for hydroxylation is 1.